The van der Waals surface area contributed by atoms with Crippen LogP contribution in [0.5, 0.6) is 5.75 Å². The van der Waals surface area contributed by atoms with Gasteiger partial charge in [0.2, 0.25) is 10.0 Å². The van der Waals surface area contributed by atoms with Crippen LogP contribution in [0.1, 0.15) is 22.8 Å². The van der Waals surface area contributed by atoms with Gasteiger partial charge in [0.1, 0.15) is 22.3 Å². The lowest BCUT2D eigenvalue weighted by atomic mass is 10.2. The Bertz CT molecular complexity index is 1170. The lowest BCUT2D eigenvalue weighted by Gasteiger charge is -2.11. The van der Waals surface area contributed by atoms with E-state index in [2.05, 4.69) is 10.0 Å². The van der Waals surface area contributed by atoms with Crippen molar-refractivity contribution in [1.82, 2.24) is 4.72 Å². The van der Waals surface area contributed by atoms with Crippen molar-refractivity contribution in [2.24, 2.45) is 0 Å². The summed E-state index contributed by atoms with van der Waals surface area (Å²) >= 11 is 0. The summed E-state index contributed by atoms with van der Waals surface area (Å²) in [6.45, 7) is 2.20. The molecule has 3 aromatic rings. The molecule has 6 nitrogen and oxygen atoms in total. The summed E-state index contributed by atoms with van der Waals surface area (Å²) in [5.74, 6) is -1.41. The molecule has 0 aliphatic heterocycles. The lowest BCUT2D eigenvalue weighted by molar-refractivity contribution is 0.102. The molecule has 3 rings (SSSR count). The summed E-state index contributed by atoms with van der Waals surface area (Å²) in [5.41, 5.74) is 0.934. The number of ether oxygens (including phenoxy) is 1. The van der Waals surface area contributed by atoms with Crippen molar-refractivity contribution in [2.75, 3.05) is 11.9 Å². The van der Waals surface area contributed by atoms with Gasteiger partial charge in [0.25, 0.3) is 5.91 Å². The Morgan fingerprint density at radius 1 is 0.968 bits per heavy atom. The van der Waals surface area contributed by atoms with Crippen LogP contribution in [0.15, 0.2) is 71.6 Å². The molecule has 0 unspecified atom stereocenters. The van der Waals surface area contributed by atoms with Crippen LogP contribution in [0.4, 0.5) is 14.5 Å². The SMILES string of the molecule is CCOc1ccc(NC(=O)c2ccc(F)c(S(=O)(=O)NCc3ccc(F)cc3)c2)cc1. The number of hydrogen-bond acceptors (Lipinski definition) is 4. The van der Waals surface area contributed by atoms with Gasteiger partial charge in [-0.3, -0.25) is 4.79 Å². The first-order chi connectivity index (χ1) is 14.8. The minimum atomic E-state index is -4.26. The Labute approximate surface area is 178 Å². The highest BCUT2D eigenvalue weighted by Crippen LogP contribution is 2.20. The molecule has 9 heteroatoms. The topological polar surface area (TPSA) is 84.5 Å². The van der Waals surface area contributed by atoms with Crippen LogP contribution < -0.4 is 14.8 Å². The number of amides is 1. The third-order valence-corrected chi connectivity index (χ3v) is 5.70. The van der Waals surface area contributed by atoms with E-state index in [4.69, 9.17) is 4.74 Å². The Morgan fingerprint density at radius 2 is 1.65 bits per heavy atom. The van der Waals surface area contributed by atoms with Crippen LogP contribution in [0.2, 0.25) is 0 Å². The fourth-order valence-electron chi connectivity index (χ4n) is 2.71. The zero-order valence-corrected chi connectivity index (χ0v) is 17.4. The first-order valence-electron chi connectivity index (χ1n) is 9.36. The molecular formula is C22H20F2N2O4S. The van der Waals surface area contributed by atoms with Crippen molar-refractivity contribution in [3.8, 4) is 5.75 Å². The van der Waals surface area contributed by atoms with Gasteiger partial charge in [0.05, 0.1) is 6.61 Å². The Hall–Kier alpha value is -3.30. The maximum Gasteiger partial charge on any atom is 0.255 e. The second-order valence-corrected chi connectivity index (χ2v) is 8.24. The molecular weight excluding hydrogens is 426 g/mol. The highest BCUT2D eigenvalue weighted by Gasteiger charge is 2.21. The van der Waals surface area contributed by atoms with Gasteiger partial charge in [-0.05, 0) is 67.1 Å². The van der Waals surface area contributed by atoms with Crippen LogP contribution in [0.25, 0.3) is 0 Å². The predicted octanol–water partition coefficient (Wildman–Crippen LogP) is 4.09. The summed E-state index contributed by atoms with van der Waals surface area (Å²) in [5, 5.41) is 2.62. The average Bonchev–Trinajstić information content (AvgIpc) is 2.75. The largest absolute Gasteiger partial charge is 0.494 e. The Balaban J connectivity index is 1.75. The number of halogens is 2. The van der Waals surface area contributed by atoms with Crippen LogP contribution in [0.3, 0.4) is 0 Å². The third kappa shape index (κ3) is 5.87. The summed E-state index contributed by atoms with van der Waals surface area (Å²) in [6.07, 6.45) is 0. The van der Waals surface area contributed by atoms with Crippen LogP contribution in [0, 0.1) is 11.6 Å². The normalized spacial score (nSPS) is 11.2. The molecule has 2 N–H and O–H groups in total. The van der Waals surface area contributed by atoms with E-state index in [0.717, 1.165) is 12.1 Å². The van der Waals surface area contributed by atoms with E-state index in [-0.39, 0.29) is 12.1 Å². The molecule has 0 fully saturated rings. The number of sulfonamides is 1. The molecule has 0 spiro atoms. The number of hydrogen-bond donors (Lipinski definition) is 2. The minimum absolute atomic E-state index is 0.0301. The molecule has 0 heterocycles. The zero-order chi connectivity index (χ0) is 22.4. The quantitative estimate of drug-likeness (QED) is 0.546. The molecule has 0 radical (unpaired) electrons. The van der Waals surface area contributed by atoms with Gasteiger partial charge < -0.3 is 10.1 Å². The first kappa shape index (κ1) is 22.4. The van der Waals surface area contributed by atoms with Crippen molar-refractivity contribution in [1.29, 1.82) is 0 Å². The lowest BCUT2D eigenvalue weighted by Crippen LogP contribution is -2.25. The molecule has 0 aromatic heterocycles. The molecule has 0 bridgehead atoms. The van der Waals surface area contributed by atoms with Crippen molar-refractivity contribution < 1.29 is 26.7 Å². The van der Waals surface area contributed by atoms with Gasteiger partial charge in [-0.1, -0.05) is 12.1 Å². The smallest absolute Gasteiger partial charge is 0.255 e. The first-order valence-corrected chi connectivity index (χ1v) is 10.8. The van der Waals surface area contributed by atoms with Crippen LogP contribution in [-0.2, 0) is 16.6 Å². The monoisotopic (exact) mass is 446 g/mol. The van der Waals surface area contributed by atoms with Crippen molar-refractivity contribution >= 4 is 21.6 Å². The number of anilines is 1. The van der Waals surface area contributed by atoms with Crippen LogP contribution >= 0.6 is 0 Å². The van der Waals surface area contributed by atoms with E-state index in [9.17, 15) is 22.0 Å². The second-order valence-electron chi connectivity index (χ2n) is 6.51. The summed E-state index contributed by atoms with van der Waals surface area (Å²) in [4.78, 5) is 11.9. The van der Waals surface area contributed by atoms with E-state index in [1.807, 2.05) is 6.92 Å². The van der Waals surface area contributed by atoms with E-state index in [1.165, 1.54) is 30.3 Å². The number of nitrogens with one attached hydrogen (secondary N) is 2. The number of rotatable bonds is 8. The number of benzene rings is 3. The number of carbonyl (C=O) groups is 1. The molecule has 0 aliphatic carbocycles. The molecule has 3 aromatic carbocycles. The molecule has 162 valence electrons. The van der Waals surface area contributed by atoms with E-state index in [0.29, 0.717) is 23.6 Å². The Morgan fingerprint density at radius 3 is 2.29 bits per heavy atom. The highest BCUT2D eigenvalue weighted by molar-refractivity contribution is 7.89. The maximum absolute atomic E-state index is 14.2. The van der Waals surface area contributed by atoms with Gasteiger partial charge in [0.15, 0.2) is 0 Å². The van der Waals surface area contributed by atoms with E-state index in [1.54, 1.807) is 24.3 Å². The predicted molar refractivity (Wildman–Crippen MR) is 112 cm³/mol. The van der Waals surface area contributed by atoms with Gasteiger partial charge in [-0.25, -0.2) is 21.9 Å². The standard InChI is InChI=1S/C22H20F2N2O4S/c1-2-30-19-10-8-18(9-11-19)26-22(27)16-5-12-20(24)21(13-16)31(28,29)25-14-15-3-6-17(23)7-4-15/h3-13,25H,2,14H2,1H3,(H,26,27). The summed E-state index contributed by atoms with van der Waals surface area (Å²) in [7, 11) is -4.26. The van der Waals surface area contributed by atoms with Crippen LogP contribution in [-0.4, -0.2) is 20.9 Å². The van der Waals surface area contributed by atoms with Gasteiger partial charge in [-0.15, -0.1) is 0 Å². The van der Waals surface area contributed by atoms with Crippen molar-refractivity contribution in [3.05, 3.63) is 89.5 Å². The fraction of sp³-hybridized carbons (Fsp3) is 0.136. The minimum Gasteiger partial charge on any atom is -0.494 e. The fourth-order valence-corrected chi connectivity index (χ4v) is 3.83. The van der Waals surface area contributed by atoms with Crippen molar-refractivity contribution in [3.63, 3.8) is 0 Å². The van der Waals surface area contributed by atoms with E-state index >= 15 is 0 Å². The molecule has 0 saturated carbocycles. The van der Waals surface area contributed by atoms with E-state index < -0.39 is 32.5 Å². The second kappa shape index (κ2) is 9.67. The molecule has 0 atom stereocenters. The number of carbonyl (C=O) groups excluding carboxylic acids is 1. The van der Waals surface area contributed by atoms with Crippen molar-refractivity contribution in [2.45, 2.75) is 18.4 Å². The summed E-state index contributed by atoms with van der Waals surface area (Å²) < 4.78 is 59.9. The summed E-state index contributed by atoms with van der Waals surface area (Å²) in [6, 6.07) is 14.9. The van der Waals surface area contributed by atoms with Gasteiger partial charge >= 0.3 is 0 Å². The zero-order valence-electron chi connectivity index (χ0n) is 16.6. The highest BCUT2D eigenvalue weighted by atomic mass is 32.2. The average molecular weight is 446 g/mol. The maximum atomic E-state index is 14.2. The molecule has 1 amide bonds. The third-order valence-electron chi connectivity index (χ3n) is 4.29. The Kier molecular flexibility index (Phi) is 6.98. The molecule has 31 heavy (non-hydrogen) atoms. The molecule has 0 saturated heterocycles. The van der Waals surface area contributed by atoms with Gasteiger partial charge in [-0.2, -0.15) is 0 Å². The van der Waals surface area contributed by atoms with Gasteiger partial charge in [0, 0.05) is 17.8 Å². The molecule has 0 aliphatic rings.